The van der Waals surface area contributed by atoms with Crippen LogP contribution in [0.1, 0.15) is 32.6 Å². The Bertz CT molecular complexity index is 249. The third-order valence-electron chi connectivity index (χ3n) is 2.73. The minimum absolute atomic E-state index is 0.0352. The second-order valence-corrected chi connectivity index (χ2v) is 4.25. The second-order valence-electron chi connectivity index (χ2n) is 3.69. The van der Waals surface area contributed by atoms with Gasteiger partial charge in [0.15, 0.2) is 5.78 Å². The zero-order valence-corrected chi connectivity index (χ0v) is 10.4. The van der Waals surface area contributed by atoms with Crippen molar-refractivity contribution >= 4 is 27.8 Å². The van der Waals surface area contributed by atoms with Crippen LogP contribution in [-0.2, 0) is 9.53 Å². The van der Waals surface area contributed by atoms with E-state index in [1.54, 1.807) is 6.92 Å². The third kappa shape index (κ3) is 2.93. The number of hydrogen-bond donors (Lipinski definition) is 1. The molecule has 1 amide bonds. The average Bonchev–Trinajstić information content (AvgIpc) is 2.66. The molecule has 0 heterocycles. The van der Waals surface area contributed by atoms with E-state index in [2.05, 4.69) is 21.2 Å². The van der Waals surface area contributed by atoms with Crippen molar-refractivity contribution in [3.05, 3.63) is 0 Å². The number of amides is 1. The normalized spacial score (nSPS) is 18.5. The largest absolute Gasteiger partial charge is 0.450 e. The lowest BCUT2D eigenvalue weighted by Crippen LogP contribution is -2.53. The zero-order valence-electron chi connectivity index (χ0n) is 8.85. The summed E-state index contributed by atoms with van der Waals surface area (Å²) in [4.78, 5) is 23.1. The molecule has 0 unspecified atom stereocenters. The minimum atomic E-state index is -0.685. The van der Waals surface area contributed by atoms with Crippen molar-refractivity contribution in [1.82, 2.24) is 5.32 Å². The van der Waals surface area contributed by atoms with Gasteiger partial charge in [-0.25, -0.2) is 4.79 Å². The van der Waals surface area contributed by atoms with E-state index >= 15 is 0 Å². The van der Waals surface area contributed by atoms with Crippen LogP contribution in [0.4, 0.5) is 4.79 Å². The van der Waals surface area contributed by atoms with Gasteiger partial charge < -0.3 is 10.1 Å². The predicted octanol–water partition coefficient (Wildman–Crippen LogP) is 2.01. The van der Waals surface area contributed by atoms with Crippen LogP contribution in [-0.4, -0.2) is 29.4 Å². The molecule has 0 aliphatic heterocycles. The molecular weight excluding hydrogens is 262 g/mol. The average molecular weight is 278 g/mol. The summed E-state index contributed by atoms with van der Waals surface area (Å²) < 4.78 is 4.81. The number of Topliss-reactive ketones (excluding diaryl/α,β-unsaturated/α-hetero) is 1. The highest BCUT2D eigenvalue weighted by molar-refractivity contribution is 9.09. The molecule has 0 saturated heterocycles. The first-order valence-corrected chi connectivity index (χ1v) is 6.31. The summed E-state index contributed by atoms with van der Waals surface area (Å²) in [6.07, 6.45) is 2.90. The van der Waals surface area contributed by atoms with Crippen molar-refractivity contribution < 1.29 is 14.3 Å². The van der Waals surface area contributed by atoms with E-state index in [0.29, 0.717) is 6.61 Å². The van der Waals surface area contributed by atoms with E-state index in [0.717, 1.165) is 25.7 Å². The Morgan fingerprint density at radius 2 is 2.00 bits per heavy atom. The van der Waals surface area contributed by atoms with Gasteiger partial charge in [0.05, 0.1) is 11.9 Å². The predicted molar refractivity (Wildman–Crippen MR) is 60.2 cm³/mol. The van der Waals surface area contributed by atoms with Crippen LogP contribution < -0.4 is 5.32 Å². The first-order chi connectivity index (χ1) is 7.14. The second kappa shape index (κ2) is 5.49. The zero-order chi connectivity index (χ0) is 11.3. The molecule has 1 fully saturated rings. The highest BCUT2D eigenvalue weighted by Gasteiger charge is 2.41. The maximum absolute atomic E-state index is 11.8. The number of ketones is 1. The number of rotatable bonds is 4. The lowest BCUT2D eigenvalue weighted by atomic mass is 9.93. The first-order valence-electron chi connectivity index (χ1n) is 5.19. The summed E-state index contributed by atoms with van der Waals surface area (Å²) in [5.74, 6) is 0.0352. The molecular formula is C10H16BrNO3. The Morgan fingerprint density at radius 1 is 1.40 bits per heavy atom. The number of hydrogen-bond acceptors (Lipinski definition) is 3. The Kier molecular flexibility index (Phi) is 4.57. The standard InChI is InChI=1S/C10H16BrNO3/c1-2-15-9(14)12-10(8(13)7-11)5-3-4-6-10/h2-7H2,1H3,(H,12,14). The van der Waals surface area contributed by atoms with Gasteiger partial charge in [-0.15, -0.1) is 0 Å². The van der Waals surface area contributed by atoms with E-state index in [-0.39, 0.29) is 11.1 Å². The quantitative estimate of drug-likeness (QED) is 0.800. The maximum Gasteiger partial charge on any atom is 0.407 e. The molecule has 1 N–H and O–H groups in total. The molecule has 0 atom stereocenters. The van der Waals surface area contributed by atoms with Crippen molar-refractivity contribution in [1.29, 1.82) is 0 Å². The summed E-state index contributed by atoms with van der Waals surface area (Å²) in [6.45, 7) is 2.07. The van der Waals surface area contributed by atoms with Crippen LogP contribution in [0.2, 0.25) is 0 Å². The van der Waals surface area contributed by atoms with E-state index in [9.17, 15) is 9.59 Å². The molecule has 0 aromatic rings. The van der Waals surface area contributed by atoms with E-state index in [1.807, 2.05) is 0 Å². The summed E-state index contributed by atoms with van der Waals surface area (Å²) in [5, 5.41) is 2.98. The van der Waals surface area contributed by atoms with E-state index < -0.39 is 11.6 Å². The Hall–Kier alpha value is -0.580. The number of carbonyl (C=O) groups is 2. The van der Waals surface area contributed by atoms with Crippen molar-refractivity contribution in [2.24, 2.45) is 0 Å². The van der Waals surface area contributed by atoms with Crippen LogP contribution in [0.5, 0.6) is 0 Å². The van der Waals surface area contributed by atoms with Crippen LogP contribution in [0.25, 0.3) is 0 Å². The smallest absolute Gasteiger partial charge is 0.407 e. The summed E-state index contributed by atoms with van der Waals surface area (Å²) in [6, 6.07) is 0. The minimum Gasteiger partial charge on any atom is -0.450 e. The number of halogens is 1. The lowest BCUT2D eigenvalue weighted by molar-refractivity contribution is -0.122. The fourth-order valence-electron chi connectivity index (χ4n) is 1.94. The monoisotopic (exact) mass is 277 g/mol. The summed E-state index contributed by atoms with van der Waals surface area (Å²) >= 11 is 3.15. The molecule has 5 heteroatoms. The van der Waals surface area contributed by atoms with Gasteiger partial charge in [-0.2, -0.15) is 0 Å². The molecule has 86 valence electrons. The van der Waals surface area contributed by atoms with Crippen LogP contribution in [0, 0.1) is 0 Å². The number of nitrogens with one attached hydrogen (secondary N) is 1. The maximum atomic E-state index is 11.8. The van der Waals surface area contributed by atoms with Gasteiger partial charge >= 0.3 is 6.09 Å². The van der Waals surface area contributed by atoms with Gasteiger partial charge in [-0.3, -0.25) is 4.79 Å². The van der Waals surface area contributed by atoms with Crippen LogP contribution in [0.3, 0.4) is 0 Å². The molecule has 0 radical (unpaired) electrons. The van der Waals surface area contributed by atoms with Crippen molar-refractivity contribution in [2.45, 2.75) is 38.1 Å². The number of alkyl carbamates (subject to hydrolysis) is 1. The van der Waals surface area contributed by atoms with Crippen molar-refractivity contribution in [2.75, 3.05) is 11.9 Å². The fraction of sp³-hybridized carbons (Fsp3) is 0.800. The van der Waals surface area contributed by atoms with Gasteiger partial charge in [0.25, 0.3) is 0 Å². The van der Waals surface area contributed by atoms with Gasteiger partial charge in [0.1, 0.15) is 5.54 Å². The van der Waals surface area contributed by atoms with Gasteiger partial charge in [0.2, 0.25) is 0 Å². The van der Waals surface area contributed by atoms with Crippen molar-refractivity contribution in [3.63, 3.8) is 0 Å². The van der Waals surface area contributed by atoms with E-state index in [4.69, 9.17) is 4.74 Å². The molecule has 0 aromatic carbocycles. The molecule has 0 spiro atoms. The molecule has 0 bridgehead atoms. The van der Waals surface area contributed by atoms with Crippen LogP contribution >= 0.6 is 15.9 Å². The SMILES string of the molecule is CCOC(=O)NC1(C(=O)CBr)CCCC1. The van der Waals surface area contributed by atoms with Gasteiger partial charge in [0, 0.05) is 0 Å². The molecule has 15 heavy (non-hydrogen) atoms. The topological polar surface area (TPSA) is 55.4 Å². The van der Waals surface area contributed by atoms with Gasteiger partial charge in [-0.1, -0.05) is 28.8 Å². The molecule has 1 rings (SSSR count). The lowest BCUT2D eigenvalue weighted by Gasteiger charge is -2.27. The van der Waals surface area contributed by atoms with E-state index in [1.165, 1.54) is 0 Å². The summed E-state index contributed by atoms with van der Waals surface area (Å²) in [7, 11) is 0. The van der Waals surface area contributed by atoms with Gasteiger partial charge in [-0.05, 0) is 19.8 Å². The Labute approximate surface area is 97.9 Å². The third-order valence-corrected chi connectivity index (χ3v) is 3.24. The number of carbonyl (C=O) groups excluding carboxylic acids is 2. The highest BCUT2D eigenvalue weighted by atomic mass is 79.9. The first kappa shape index (κ1) is 12.5. The number of alkyl halides is 1. The molecule has 1 saturated carbocycles. The Balaban J connectivity index is 2.65. The highest BCUT2D eigenvalue weighted by Crippen LogP contribution is 2.31. The van der Waals surface area contributed by atoms with Crippen molar-refractivity contribution in [3.8, 4) is 0 Å². The molecule has 0 aromatic heterocycles. The molecule has 1 aliphatic carbocycles. The fourth-order valence-corrected chi connectivity index (χ4v) is 2.48. The molecule has 1 aliphatic rings. The van der Waals surface area contributed by atoms with Crippen LogP contribution in [0.15, 0.2) is 0 Å². The molecule has 4 nitrogen and oxygen atoms in total. The Morgan fingerprint density at radius 3 is 2.47 bits per heavy atom. The number of ether oxygens (including phenoxy) is 1. The summed E-state index contributed by atoms with van der Waals surface area (Å²) in [5.41, 5.74) is -0.685.